The normalized spacial score (nSPS) is 14.0. The van der Waals surface area contributed by atoms with E-state index in [4.69, 9.17) is 5.26 Å². The summed E-state index contributed by atoms with van der Waals surface area (Å²) in [6.07, 6.45) is 2.64. The number of hydrogen-bond acceptors (Lipinski definition) is 5. The molecular formula is C12H14N4O2. The molecule has 0 bridgehead atoms. The Hall–Kier alpha value is -2.16. The van der Waals surface area contributed by atoms with Crippen LogP contribution in [0.5, 0.6) is 0 Å². The van der Waals surface area contributed by atoms with Crippen LogP contribution in [0.15, 0.2) is 12.1 Å². The molecular weight excluding hydrogens is 232 g/mol. The Labute approximate surface area is 105 Å². The second-order valence-corrected chi connectivity index (χ2v) is 4.36. The third kappa shape index (κ3) is 2.56. The second kappa shape index (κ2) is 5.00. The standard InChI is InChI=1S/C12H14N4O2/c1-9-11(16(17)18)5-6-12(14-9)15(8-2-7-13)10-3-4-10/h5-6,10H,2-4,8H2,1H3. The van der Waals surface area contributed by atoms with Crippen molar-refractivity contribution in [3.63, 3.8) is 0 Å². The van der Waals surface area contributed by atoms with E-state index < -0.39 is 4.92 Å². The zero-order valence-corrected chi connectivity index (χ0v) is 10.2. The molecule has 2 rings (SSSR count). The van der Waals surface area contributed by atoms with Crippen molar-refractivity contribution in [3.8, 4) is 6.07 Å². The van der Waals surface area contributed by atoms with E-state index in [0.29, 0.717) is 24.7 Å². The smallest absolute Gasteiger partial charge is 0.290 e. The molecule has 0 aliphatic heterocycles. The molecule has 0 atom stereocenters. The number of nitriles is 1. The summed E-state index contributed by atoms with van der Waals surface area (Å²) in [6, 6.07) is 5.71. The van der Waals surface area contributed by atoms with Crippen LogP contribution in [0.2, 0.25) is 0 Å². The van der Waals surface area contributed by atoms with Gasteiger partial charge >= 0.3 is 0 Å². The Morgan fingerprint density at radius 2 is 2.33 bits per heavy atom. The average molecular weight is 246 g/mol. The molecule has 0 unspecified atom stereocenters. The van der Waals surface area contributed by atoms with Crippen LogP contribution in [0, 0.1) is 28.4 Å². The quantitative estimate of drug-likeness (QED) is 0.587. The summed E-state index contributed by atoms with van der Waals surface area (Å²) in [5.41, 5.74) is 0.454. The van der Waals surface area contributed by atoms with Gasteiger partial charge in [-0.3, -0.25) is 10.1 Å². The maximum absolute atomic E-state index is 10.7. The van der Waals surface area contributed by atoms with E-state index in [1.54, 1.807) is 13.0 Å². The highest BCUT2D eigenvalue weighted by atomic mass is 16.6. The van der Waals surface area contributed by atoms with Crippen molar-refractivity contribution in [1.29, 1.82) is 5.26 Å². The number of nitro groups is 1. The molecule has 1 saturated carbocycles. The Bertz CT molecular complexity index is 505. The molecule has 1 aromatic rings. The van der Waals surface area contributed by atoms with E-state index in [1.165, 1.54) is 6.07 Å². The molecule has 0 radical (unpaired) electrons. The lowest BCUT2D eigenvalue weighted by molar-refractivity contribution is -0.385. The SMILES string of the molecule is Cc1nc(N(CCC#N)C2CC2)ccc1[N+](=O)[O-]. The molecule has 1 heterocycles. The van der Waals surface area contributed by atoms with Crippen LogP contribution in [0.4, 0.5) is 11.5 Å². The molecule has 1 aromatic heterocycles. The summed E-state index contributed by atoms with van der Waals surface area (Å²) >= 11 is 0. The van der Waals surface area contributed by atoms with Crippen molar-refractivity contribution in [1.82, 2.24) is 4.98 Å². The lowest BCUT2D eigenvalue weighted by Gasteiger charge is -2.22. The van der Waals surface area contributed by atoms with Crippen LogP contribution in [0.3, 0.4) is 0 Å². The summed E-state index contributed by atoms with van der Waals surface area (Å²) in [5.74, 6) is 0.732. The summed E-state index contributed by atoms with van der Waals surface area (Å²) < 4.78 is 0. The number of pyridine rings is 1. The number of aromatic nitrogens is 1. The maximum atomic E-state index is 10.7. The van der Waals surface area contributed by atoms with Crippen molar-refractivity contribution in [2.75, 3.05) is 11.4 Å². The van der Waals surface area contributed by atoms with E-state index >= 15 is 0 Å². The Kier molecular flexibility index (Phi) is 3.42. The van der Waals surface area contributed by atoms with Gasteiger partial charge in [0.25, 0.3) is 5.69 Å². The largest absolute Gasteiger partial charge is 0.353 e. The van der Waals surface area contributed by atoms with Crippen molar-refractivity contribution in [2.24, 2.45) is 0 Å². The van der Waals surface area contributed by atoms with Crippen molar-refractivity contribution < 1.29 is 4.92 Å². The molecule has 0 aromatic carbocycles. The van der Waals surface area contributed by atoms with E-state index in [1.807, 2.05) is 0 Å². The lowest BCUT2D eigenvalue weighted by atomic mass is 10.3. The molecule has 1 fully saturated rings. The highest BCUT2D eigenvalue weighted by Crippen LogP contribution is 2.31. The predicted molar refractivity (Wildman–Crippen MR) is 66.2 cm³/mol. The van der Waals surface area contributed by atoms with Gasteiger partial charge in [0.15, 0.2) is 0 Å². The van der Waals surface area contributed by atoms with Gasteiger partial charge in [-0.25, -0.2) is 4.98 Å². The van der Waals surface area contributed by atoms with Crippen molar-refractivity contribution >= 4 is 11.5 Å². The Morgan fingerprint density at radius 1 is 1.61 bits per heavy atom. The van der Waals surface area contributed by atoms with E-state index in [9.17, 15) is 10.1 Å². The Morgan fingerprint density at radius 3 is 2.83 bits per heavy atom. The molecule has 6 nitrogen and oxygen atoms in total. The van der Waals surface area contributed by atoms with Gasteiger partial charge in [-0.15, -0.1) is 0 Å². The number of anilines is 1. The molecule has 0 spiro atoms. The first kappa shape index (κ1) is 12.3. The molecule has 94 valence electrons. The minimum atomic E-state index is -0.428. The monoisotopic (exact) mass is 246 g/mol. The number of rotatable bonds is 5. The van der Waals surface area contributed by atoms with E-state index in [-0.39, 0.29) is 5.69 Å². The number of hydrogen-bond donors (Lipinski definition) is 0. The zero-order valence-electron chi connectivity index (χ0n) is 10.2. The third-order valence-corrected chi connectivity index (χ3v) is 2.99. The van der Waals surface area contributed by atoms with Crippen LogP contribution in [0.25, 0.3) is 0 Å². The van der Waals surface area contributed by atoms with Gasteiger partial charge < -0.3 is 4.90 Å². The molecule has 1 aliphatic carbocycles. The fourth-order valence-corrected chi connectivity index (χ4v) is 1.93. The van der Waals surface area contributed by atoms with Crippen LogP contribution < -0.4 is 4.90 Å². The van der Waals surface area contributed by atoms with Gasteiger partial charge in [0, 0.05) is 18.7 Å². The van der Waals surface area contributed by atoms with Crippen LogP contribution in [0.1, 0.15) is 25.0 Å². The third-order valence-electron chi connectivity index (χ3n) is 2.99. The molecule has 6 heteroatoms. The van der Waals surface area contributed by atoms with E-state index in [2.05, 4.69) is 16.0 Å². The highest BCUT2D eigenvalue weighted by Gasteiger charge is 2.30. The molecule has 1 aliphatic rings. The van der Waals surface area contributed by atoms with Crippen LogP contribution in [-0.2, 0) is 0 Å². The lowest BCUT2D eigenvalue weighted by Crippen LogP contribution is -2.27. The van der Waals surface area contributed by atoms with Gasteiger partial charge in [0.05, 0.1) is 17.4 Å². The minimum Gasteiger partial charge on any atom is -0.353 e. The maximum Gasteiger partial charge on any atom is 0.290 e. The van der Waals surface area contributed by atoms with Crippen molar-refractivity contribution in [3.05, 3.63) is 27.9 Å². The molecule has 0 amide bonds. The van der Waals surface area contributed by atoms with Gasteiger partial charge in [0.2, 0.25) is 0 Å². The zero-order chi connectivity index (χ0) is 13.1. The van der Waals surface area contributed by atoms with Gasteiger partial charge in [0.1, 0.15) is 11.5 Å². The summed E-state index contributed by atoms with van der Waals surface area (Å²) in [4.78, 5) is 16.7. The number of aryl methyl sites for hydroxylation is 1. The second-order valence-electron chi connectivity index (χ2n) is 4.36. The van der Waals surface area contributed by atoms with Crippen molar-refractivity contribution in [2.45, 2.75) is 32.2 Å². The fourth-order valence-electron chi connectivity index (χ4n) is 1.93. The summed E-state index contributed by atoms with van der Waals surface area (Å²) in [7, 11) is 0. The molecule has 0 N–H and O–H groups in total. The van der Waals surface area contributed by atoms with E-state index in [0.717, 1.165) is 18.7 Å². The number of nitrogens with zero attached hydrogens (tertiary/aromatic N) is 4. The first-order valence-electron chi connectivity index (χ1n) is 5.89. The Balaban J connectivity index is 2.23. The topological polar surface area (TPSA) is 83.1 Å². The predicted octanol–water partition coefficient (Wildman–Crippen LogP) is 2.18. The average Bonchev–Trinajstić information content (AvgIpc) is 3.13. The summed E-state index contributed by atoms with van der Waals surface area (Å²) in [5, 5.41) is 19.4. The molecule has 18 heavy (non-hydrogen) atoms. The van der Waals surface area contributed by atoms with Gasteiger partial charge in [-0.05, 0) is 25.8 Å². The first-order valence-corrected chi connectivity index (χ1v) is 5.89. The van der Waals surface area contributed by atoms with Gasteiger partial charge in [-0.1, -0.05) is 0 Å². The minimum absolute atomic E-state index is 0.0368. The van der Waals surface area contributed by atoms with Gasteiger partial charge in [-0.2, -0.15) is 5.26 Å². The fraction of sp³-hybridized carbons (Fsp3) is 0.500. The summed E-state index contributed by atoms with van der Waals surface area (Å²) in [6.45, 7) is 2.27. The first-order chi connectivity index (χ1) is 8.63. The molecule has 0 saturated heterocycles. The van der Waals surface area contributed by atoms with Crippen LogP contribution >= 0.6 is 0 Å². The van der Waals surface area contributed by atoms with Crippen LogP contribution in [-0.4, -0.2) is 22.5 Å². The highest BCUT2D eigenvalue weighted by molar-refractivity contribution is 5.48.